The zero-order valence-electron chi connectivity index (χ0n) is 12.1. The van der Waals surface area contributed by atoms with E-state index in [2.05, 4.69) is 51.2 Å². The lowest BCUT2D eigenvalue weighted by molar-refractivity contribution is 0.806. The summed E-state index contributed by atoms with van der Waals surface area (Å²) in [5.74, 6) is 0.770. The molecule has 4 rings (SSSR count). The summed E-state index contributed by atoms with van der Waals surface area (Å²) < 4.78 is 2.15. The highest BCUT2D eigenvalue weighted by Gasteiger charge is 2.03. The highest BCUT2D eigenvalue weighted by Crippen LogP contribution is 2.19. The van der Waals surface area contributed by atoms with Crippen LogP contribution in [0.25, 0.3) is 22.3 Å². The van der Waals surface area contributed by atoms with Crippen LogP contribution in [0.4, 0.5) is 0 Å². The number of aromatic nitrogens is 3. The van der Waals surface area contributed by atoms with Crippen LogP contribution < -0.4 is 0 Å². The summed E-state index contributed by atoms with van der Waals surface area (Å²) in [6, 6.07) is 20.6. The van der Waals surface area contributed by atoms with Crippen LogP contribution in [0.2, 0.25) is 0 Å². The third-order valence-corrected chi connectivity index (χ3v) is 3.73. The van der Waals surface area contributed by atoms with Crippen LogP contribution in [0.3, 0.4) is 0 Å². The number of benzene rings is 2. The van der Waals surface area contributed by atoms with Gasteiger partial charge in [-0.1, -0.05) is 42.5 Å². The Morgan fingerprint density at radius 3 is 2.41 bits per heavy atom. The number of para-hydroxylation sites is 1. The van der Waals surface area contributed by atoms with E-state index in [1.165, 1.54) is 5.56 Å². The minimum atomic E-state index is 0.770. The van der Waals surface area contributed by atoms with Gasteiger partial charge < -0.3 is 4.57 Å². The van der Waals surface area contributed by atoms with Gasteiger partial charge in [0, 0.05) is 36.1 Å². The van der Waals surface area contributed by atoms with Crippen molar-refractivity contribution in [2.24, 2.45) is 0 Å². The summed E-state index contributed by atoms with van der Waals surface area (Å²) in [4.78, 5) is 9.10. The molecule has 106 valence electrons. The van der Waals surface area contributed by atoms with Crippen molar-refractivity contribution in [2.45, 2.75) is 6.54 Å². The molecule has 2 heterocycles. The molecule has 0 bridgehead atoms. The van der Waals surface area contributed by atoms with Gasteiger partial charge in [0.25, 0.3) is 0 Å². The monoisotopic (exact) mass is 285 g/mol. The zero-order valence-corrected chi connectivity index (χ0v) is 12.1. The summed E-state index contributed by atoms with van der Waals surface area (Å²) in [7, 11) is 0. The summed E-state index contributed by atoms with van der Waals surface area (Å²) in [5, 5.41) is 1.07. The van der Waals surface area contributed by atoms with Gasteiger partial charge in [-0.3, -0.25) is 0 Å². The van der Waals surface area contributed by atoms with Crippen molar-refractivity contribution in [3.63, 3.8) is 0 Å². The lowest BCUT2D eigenvalue weighted by Crippen LogP contribution is -1.96. The van der Waals surface area contributed by atoms with E-state index < -0.39 is 0 Å². The second-order valence-electron chi connectivity index (χ2n) is 5.30. The summed E-state index contributed by atoms with van der Waals surface area (Å²) in [6.07, 6.45) is 6.02. The Bertz CT molecular complexity index is 894. The standard InChI is InChI=1S/C19H15N3/c1-2-6-18-17(5-1)13-20-19(21-18)16-9-7-15(8-10-16)14-22-11-3-4-12-22/h1-13H,14H2. The molecule has 22 heavy (non-hydrogen) atoms. The topological polar surface area (TPSA) is 30.7 Å². The average Bonchev–Trinajstić information content (AvgIpc) is 3.08. The van der Waals surface area contributed by atoms with Gasteiger partial charge in [0.1, 0.15) is 0 Å². The molecular formula is C19H15N3. The molecule has 0 saturated carbocycles. The molecule has 0 aliphatic heterocycles. The van der Waals surface area contributed by atoms with E-state index in [0.29, 0.717) is 0 Å². The second kappa shape index (κ2) is 5.45. The lowest BCUT2D eigenvalue weighted by Gasteiger charge is -2.05. The number of hydrogen-bond acceptors (Lipinski definition) is 2. The van der Waals surface area contributed by atoms with Crippen LogP contribution in [-0.4, -0.2) is 14.5 Å². The number of rotatable bonds is 3. The van der Waals surface area contributed by atoms with E-state index in [-0.39, 0.29) is 0 Å². The van der Waals surface area contributed by atoms with E-state index in [4.69, 9.17) is 0 Å². The van der Waals surface area contributed by atoms with Crippen molar-refractivity contribution >= 4 is 10.9 Å². The summed E-state index contributed by atoms with van der Waals surface area (Å²) in [6.45, 7) is 0.881. The van der Waals surface area contributed by atoms with Gasteiger partial charge in [0.2, 0.25) is 0 Å². The first-order chi connectivity index (χ1) is 10.9. The third-order valence-electron chi connectivity index (χ3n) is 3.73. The molecule has 0 spiro atoms. The summed E-state index contributed by atoms with van der Waals surface area (Å²) in [5.41, 5.74) is 3.28. The first kappa shape index (κ1) is 12.8. The van der Waals surface area contributed by atoms with Crippen LogP contribution in [0.1, 0.15) is 5.56 Å². The van der Waals surface area contributed by atoms with Crippen molar-refractivity contribution < 1.29 is 0 Å². The van der Waals surface area contributed by atoms with Crippen molar-refractivity contribution in [1.82, 2.24) is 14.5 Å². The van der Waals surface area contributed by atoms with Crippen molar-refractivity contribution in [2.75, 3.05) is 0 Å². The third kappa shape index (κ3) is 2.49. The Hall–Kier alpha value is -2.94. The number of hydrogen-bond donors (Lipinski definition) is 0. The quantitative estimate of drug-likeness (QED) is 0.566. The molecule has 0 aliphatic rings. The molecule has 0 radical (unpaired) electrons. The zero-order chi connectivity index (χ0) is 14.8. The lowest BCUT2D eigenvalue weighted by atomic mass is 10.1. The van der Waals surface area contributed by atoms with E-state index in [0.717, 1.165) is 28.8 Å². The van der Waals surface area contributed by atoms with Gasteiger partial charge in [-0.2, -0.15) is 0 Å². The molecule has 0 saturated heterocycles. The second-order valence-corrected chi connectivity index (χ2v) is 5.30. The highest BCUT2D eigenvalue weighted by molar-refractivity contribution is 5.79. The largest absolute Gasteiger partial charge is 0.350 e. The number of fused-ring (bicyclic) bond motifs is 1. The van der Waals surface area contributed by atoms with Crippen LogP contribution in [0.5, 0.6) is 0 Å². The van der Waals surface area contributed by atoms with E-state index in [1.54, 1.807) is 0 Å². The van der Waals surface area contributed by atoms with E-state index in [9.17, 15) is 0 Å². The van der Waals surface area contributed by atoms with Crippen LogP contribution >= 0.6 is 0 Å². The molecule has 3 nitrogen and oxygen atoms in total. The first-order valence-electron chi connectivity index (χ1n) is 7.30. The van der Waals surface area contributed by atoms with E-state index in [1.807, 2.05) is 42.6 Å². The Labute approximate surface area is 128 Å². The van der Waals surface area contributed by atoms with Crippen molar-refractivity contribution in [3.05, 3.63) is 84.8 Å². The average molecular weight is 285 g/mol. The molecule has 0 amide bonds. The molecule has 0 unspecified atom stereocenters. The Kier molecular flexibility index (Phi) is 3.16. The minimum Gasteiger partial charge on any atom is -0.350 e. The molecule has 0 aliphatic carbocycles. The molecule has 2 aromatic carbocycles. The molecule has 3 heteroatoms. The molecule has 0 N–H and O–H groups in total. The molecule has 4 aromatic rings. The van der Waals surface area contributed by atoms with Crippen LogP contribution in [0, 0.1) is 0 Å². The summed E-state index contributed by atoms with van der Waals surface area (Å²) >= 11 is 0. The molecule has 0 fully saturated rings. The fourth-order valence-corrected chi connectivity index (χ4v) is 2.56. The number of nitrogens with zero attached hydrogens (tertiary/aromatic N) is 3. The fourth-order valence-electron chi connectivity index (χ4n) is 2.56. The van der Waals surface area contributed by atoms with Crippen molar-refractivity contribution in [3.8, 4) is 11.4 Å². The molecule has 2 aromatic heterocycles. The van der Waals surface area contributed by atoms with E-state index >= 15 is 0 Å². The van der Waals surface area contributed by atoms with Gasteiger partial charge in [-0.15, -0.1) is 0 Å². The smallest absolute Gasteiger partial charge is 0.159 e. The SMILES string of the molecule is c1ccc2nc(-c3ccc(Cn4cccc4)cc3)ncc2c1. The maximum atomic E-state index is 4.63. The van der Waals surface area contributed by atoms with Crippen molar-refractivity contribution in [1.29, 1.82) is 0 Å². The van der Waals surface area contributed by atoms with Crippen LogP contribution in [0.15, 0.2) is 79.3 Å². The van der Waals surface area contributed by atoms with Gasteiger partial charge in [0.05, 0.1) is 5.52 Å². The molecular weight excluding hydrogens is 270 g/mol. The van der Waals surface area contributed by atoms with Gasteiger partial charge in [-0.05, 0) is 23.8 Å². The highest BCUT2D eigenvalue weighted by atomic mass is 14.9. The Balaban J connectivity index is 1.63. The Morgan fingerprint density at radius 1 is 0.818 bits per heavy atom. The van der Waals surface area contributed by atoms with Gasteiger partial charge >= 0.3 is 0 Å². The normalized spacial score (nSPS) is 10.9. The predicted octanol–water partition coefficient (Wildman–Crippen LogP) is 4.15. The maximum absolute atomic E-state index is 4.63. The molecule has 0 atom stereocenters. The predicted molar refractivity (Wildman–Crippen MR) is 88.5 cm³/mol. The van der Waals surface area contributed by atoms with Crippen LogP contribution in [-0.2, 0) is 6.54 Å². The first-order valence-corrected chi connectivity index (χ1v) is 7.30. The van der Waals surface area contributed by atoms with Gasteiger partial charge in [0.15, 0.2) is 5.82 Å². The maximum Gasteiger partial charge on any atom is 0.159 e. The van der Waals surface area contributed by atoms with Gasteiger partial charge in [-0.25, -0.2) is 9.97 Å². The Morgan fingerprint density at radius 2 is 1.59 bits per heavy atom. The fraction of sp³-hybridized carbons (Fsp3) is 0.0526. The minimum absolute atomic E-state index is 0.770.